The Bertz CT molecular complexity index is 1550. The highest BCUT2D eigenvalue weighted by Crippen LogP contribution is 2.19. The predicted octanol–water partition coefficient (Wildman–Crippen LogP) is 4.67. The number of nitrogens with zero attached hydrogens (tertiary/aromatic N) is 2. The first-order valence-corrected chi connectivity index (χ1v) is 9.18. The van der Waals surface area contributed by atoms with Crippen molar-refractivity contribution in [3.8, 4) is 5.75 Å². The Morgan fingerprint density at radius 1 is 1.32 bits per heavy atom. The molecule has 3 rings (SSSR count). The molecule has 1 aliphatic rings. The summed E-state index contributed by atoms with van der Waals surface area (Å²) < 4.78 is 177. The average molecular weight is 448 g/mol. The lowest BCUT2D eigenvalue weighted by Gasteiger charge is -2.37. The number of benzene rings is 2. The van der Waals surface area contributed by atoms with Gasteiger partial charge in [0.05, 0.1) is 14.8 Å². The summed E-state index contributed by atoms with van der Waals surface area (Å²) in [5.41, 5.74) is -0.231. The van der Waals surface area contributed by atoms with E-state index in [9.17, 15) is 9.18 Å². The van der Waals surface area contributed by atoms with Gasteiger partial charge in [0, 0.05) is 38.3 Å². The summed E-state index contributed by atoms with van der Waals surface area (Å²) in [5.74, 6) is -5.54. The summed E-state index contributed by atoms with van der Waals surface area (Å²) in [6, 6.07) is -1.66. The standard InChI is InChI=1S/C25H34FN3O2/c1-19(2)18-31-24-10-6-20(7-11-24)16-27-25(30)29(23-12-14-28(3)15-13-23)17-21-4-8-22(26)9-5-21/h4-11,19,23H,12-18H2,1-3H3,(H,27,30)/i1D3,2D3,3D3,4D,5D,8D,9D,14D2,15D2,18D2,19D. The number of hydrogen-bond donors (Lipinski definition) is 1. The summed E-state index contributed by atoms with van der Waals surface area (Å²) >= 11 is 0. The number of halogens is 1. The summed E-state index contributed by atoms with van der Waals surface area (Å²) in [7, 11) is 0. The van der Waals surface area contributed by atoms with E-state index < -0.39 is 113 Å². The van der Waals surface area contributed by atoms with Gasteiger partial charge in [0.1, 0.15) is 11.6 Å². The molecule has 2 amide bonds. The van der Waals surface area contributed by atoms with Crippen molar-refractivity contribution in [1.29, 1.82) is 0 Å². The minimum atomic E-state index is -3.70. The number of nitrogens with one attached hydrogen (secondary N) is 1. The quantitative estimate of drug-likeness (QED) is 0.640. The van der Waals surface area contributed by atoms with Crippen LogP contribution in [0.1, 0.15) is 65.1 Å². The molecule has 1 N–H and O–H groups in total. The van der Waals surface area contributed by atoms with E-state index in [1.54, 1.807) is 0 Å². The zero-order valence-corrected chi connectivity index (χ0v) is 16.3. The Labute approximate surface area is 213 Å². The van der Waals surface area contributed by atoms with Crippen LogP contribution in [0.15, 0.2) is 48.4 Å². The van der Waals surface area contributed by atoms with Crippen LogP contribution in [0.4, 0.5) is 9.18 Å². The highest BCUT2D eigenvalue weighted by atomic mass is 19.1. The second kappa shape index (κ2) is 11.1. The van der Waals surface area contributed by atoms with Gasteiger partial charge in [-0.05, 0) is 74.0 Å². The molecule has 1 aliphatic heterocycles. The highest BCUT2D eigenvalue weighted by Gasteiger charge is 2.27. The number of ether oxygens (including phenoxy) is 1. The fourth-order valence-electron chi connectivity index (χ4n) is 2.75. The average Bonchev–Trinajstić information content (AvgIpc) is 2.94. The van der Waals surface area contributed by atoms with E-state index in [4.69, 9.17) is 32.2 Å². The van der Waals surface area contributed by atoms with Gasteiger partial charge in [-0.25, -0.2) is 9.18 Å². The van der Waals surface area contributed by atoms with E-state index in [0.717, 1.165) is 17.0 Å². The van der Waals surface area contributed by atoms with Crippen molar-refractivity contribution in [3.63, 3.8) is 0 Å². The van der Waals surface area contributed by atoms with E-state index in [1.165, 1.54) is 12.1 Å². The number of rotatable bonds is 8. The Morgan fingerprint density at radius 3 is 2.68 bits per heavy atom. The van der Waals surface area contributed by atoms with E-state index >= 15 is 0 Å². The fraction of sp³-hybridized carbons (Fsp3) is 0.480. The molecule has 0 radical (unpaired) electrons. The van der Waals surface area contributed by atoms with Crippen LogP contribution in [0.25, 0.3) is 0 Å². The monoisotopic (exact) mass is 447 g/mol. The van der Waals surface area contributed by atoms with Crippen LogP contribution >= 0.6 is 0 Å². The van der Waals surface area contributed by atoms with Crippen LogP contribution in [0.3, 0.4) is 0 Å². The third kappa shape index (κ3) is 7.24. The molecule has 1 fully saturated rings. The van der Waals surface area contributed by atoms with Crippen molar-refractivity contribution in [1.82, 2.24) is 15.1 Å². The van der Waals surface area contributed by atoms with Crippen LogP contribution in [0.2, 0.25) is 0 Å². The van der Waals surface area contributed by atoms with E-state index in [2.05, 4.69) is 5.32 Å². The molecule has 1 saturated heterocycles. The Kier molecular flexibility index (Phi) is 3.02. The first-order valence-electron chi connectivity index (χ1n) is 19.2. The van der Waals surface area contributed by atoms with Crippen LogP contribution in [-0.2, 0) is 13.1 Å². The molecule has 5 nitrogen and oxygen atoms in total. The molecule has 2 aromatic carbocycles. The van der Waals surface area contributed by atoms with Crippen molar-refractivity contribution in [2.24, 2.45) is 5.89 Å². The normalized spacial score (nSPS) is 29.8. The Morgan fingerprint density at radius 2 is 2.03 bits per heavy atom. The molecule has 168 valence electrons. The maximum atomic E-state index is 14.3. The van der Waals surface area contributed by atoms with Crippen molar-refractivity contribution in [2.45, 2.75) is 45.7 Å². The highest BCUT2D eigenvalue weighted by molar-refractivity contribution is 5.74. The van der Waals surface area contributed by atoms with Gasteiger partial charge in [-0.1, -0.05) is 37.9 Å². The van der Waals surface area contributed by atoms with Gasteiger partial charge in [-0.2, -0.15) is 0 Å². The van der Waals surface area contributed by atoms with Crippen LogP contribution in [-0.4, -0.2) is 48.4 Å². The topological polar surface area (TPSA) is 44.8 Å². The molecule has 6 heteroatoms. The lowest BCUT2D eigenvalue weighted by Crippen LogP contribution is -2.49. The molecule has 0 saturated carbocycles. The lowest BCUT2D eigenvalue weighted by molar-refractivity contribution is 0.127. The summed E-state index contributed by atoms with van der Waals surface area (Å²) in [4.78, 5) is 14.5. The second-order valence-electron chi connectivity index (χ2n) is 6.52. The first-order chi connectivity index (χ1) is 22.8. The van der Waals surface area contributed by atoms with Crippen LogP contribution < -0.4 is 10.1 Å². The molecular formula is C25H34FN3O2. The molecule has 0 spiro atoms. The fourth-order valence-corrected chi connectivity index (χ4v) is 2.75. The third-order valence-electron chi connectivity index (χ3n) is 4.28. The SMILES string of the molecule is [2H]c1c([2H])c(CN(C(=O)NCc2ccc(OC([2H])([2H])C([2H])(C([2H])([2H])[2H])C([2H])([2H])[2H])cc2)C2CC([2H])([2H])N(C([2H])([2H])[2H])C([2H])([2H])C2)c([2H])c([2H])c1F. The third-order valence-corrected chi connectivity index (χ3v) is 4.28. The number of piperidine rings is 1. The molecule has 2 aromatic rings. The van der Waals surface area contributed by atoms with Crippen molar-refractivity contribution >= 4 is 6.03 Å². The molecule has 31 heavy (non-hydrogen) atoms. The minimum absolute atomic E-state index is 0.0557. The molecule has 1 heterocycles. The second-order valence-corrected chi connectivity index (χ2v) is 6.52. The molecule has 0 unspecified atom stereocenters. The number of hydrogen-bond acceptors (Lipinski definition) is 3. The van der Waals surface area contributed by atoms with E-state index in [0.29, 0.717) is 0 Å². The summed E-state index contributed by atoms with van der Waals surface area (Å²) in [6.45, 7) is -21.0. The number of urea groups is 1. The zero-order chi connectivity index (χ0) is 39.5. The lowest BCUT2D eigenvalue weighted by atomic mass is 10.0. The molecule has 0 atom stereocenters. The van der Waals surface area contributed by atoms with Gasteiger partial charge in [-0.15, -0.1) is 0 Å². The van der Waals surface area contributed by atoms with Crippen molar-refractivity contribution < 1.29 is 41.3 Å². The van der Waals surface area contributed by atoms with E-state index in [-0.39, 0.29) is 22.8 Å². The number of amides is 2. The zero-order valence-electron chi connectivity index (χ0n) is 36.3. The van der Waals surface area contributed by atoms with Crippen molar-refractivity contribution in [3.05, 3.63) is 65.4 Å². The smallest absolute Gasteiger partial charge is 0.318 e. The molecule has 0 aliphatic carbocycles. The Balaban J connectivity index is 1.94. The summed E-state index contributed by atoms with van der Waals surface area (Å²) in [5, 5.41) is 2.46. The van der Waals surface area contributed by atoms with Gasteiger partial charge in [-0.3, -0.25) is 0 Å². The van der Waals surface area contributed by atoms with Gasteiger partial charge >= 0.3 is 6.03 Å². The van der Waals surface area contributed by atoms with E-state index in [1.807, 2.05) is 0 Å². The van der Waals surface area contributed by atoms with Gasteiger partial charge in [0.25, 0.3) is 0 Å². The minimum Gasteiger partial charge on any atom is -0.493 e. The van der Waals surface area contributed by atoms with Crippen LogP contribution in [0.5, 0.6) is 5.75 Å². The largest absolute Gasteiger partial charge is 0.493 e. The molecule has 0 aromatic heterocycles. The number of carbonyl (C=O) groups excluding carboxylic acids is 1. The first kappa shape index (κ1) is 8.39. The van der Waals surface area contributed by atoms with Gasteiger partial charge in [0.15, 0.2) is 0 Å². The van der Waals surface area contributed by atoms with Crippen LogP contribution in [0, 0.1) is 11.7 Å². The van der Waals surface area contributed by atoms with Crippen molar-refractivity contribution in [2.75, 3.05) is 26.5 Å². The maximum absolute atomic E-state index is 14.3. The molecular weight excluding hydrogens is 393 g/mol. The maximum Gasteiger partial charge on any atom is 0.318 e. The summed E-state index contributed by atoms with van der Waals surface area (Å²) in [6.07, 6.45) is -1.56. The number of likely N-dealkylation sites (tertiary alicyclic amines) is 1. The molecule has 0 bridgehead atoms. The van der Waals surface area contributed by atoms with Gasteiger partial charge < -0.3 is 19.9 Å². The van der Waals surface area contributed by atoms with Gasteiger partial charge in [0.2, 0.25) is 0 Å². The predicted molar refractivity (Wildman–Crippen MR) is 121 cm³/mol. The number of carbonyl (C=O) groups is 1. The Hall–Kier alpha value is -2.60.